The van der Waals surface area contributed by atoms with Crippen LogP contribution in [0.15, 0.2) is 107 Å². The Morgan fingerprint density at radius 3 is 2.30 bits per heavy atom. The van der Waals surface area contributed by atoms with Crippen LogP contribution in [0.5, 0.6) is 0 Å². The Morgan fingerprint density at radius 1 is 1.05 bits per heavy atom. The maximum atomic E-state index is 15.3. The van der Waals surface area contributed by atoms with E-state index >= 15 is 4.39 Å². The van der Waals surface area contributed by atoms with Gasteiger partial charge in [-0.2, -0.15) is 8.78 Å². The fourth-order valence-electron chi connectivity index (χ4n) is 3.77. The van der Waals surface area contributed by atoms with Crippen molar-refractivity contribution in [2.24, 2.45) is 0 Å². The maximum Gasteiger partial charge on any atom is 0.315 e. The second kappa shape index (κ2) is 11.6. The fourth-order valence-corrected chi connectivity index (χ4v) is 5.60. The van der Waals surface area contributed by atoms with E-state index in [2.05, 4.69) is 5.32 Å². The molecule has 40 heavy (non-hydrogen) atoms. The molecular weight excluding hydrogens is 567 g/mol. The van der Waals surface area contributed by atoms with Crippen LogP contribution in [0.1, 0.15) is 12.0 Å². The molecule has 1 unspecified atom stereocenters. The highest BCUT2D eigenvalue weighted by atomic mass is 32.2. The molecule has 2 N–H and O–H groups in total. The number of allylic oxidation sites excluding steroid dienone is 3. The summed E-state index contributed by atoms with van der Waals surface area (Å²) in [6.45, 7) is -0.995. The van der Waals surface area contributed by atoms with Crippen LogP contribution < -0.4 is 10.0 Å². The van der Waals surface area contributed by atoms with Gasteiger partial charge in [-0.05, 0) is 41.5 Å². The molecule has 1 amide bonds. The number of nitro groups is 1. The summed E-state index contributed by atoms with van der Waals surface area (Å²) in [5, 5.41) is 10.5. The van der Waals surface area contributed by atoms with Crippen LogP contribution in [0.3, 0.4) is 0 Å². The van der Waals surface area contributed by atoms with E-state index < -0.39 is 55.3 Å². The van der Waals surface area contributed by atoms with Gasteiger partial charge in [0.15, 0.2) is 0 Å². The molecule has 13 heteroatoms. The minimum atomic E-state index is -4.75. The van der Waals surface area contributed by atoms with Gasteiger partial charge in [-0.15, -0.1) is 0 Å². The monoisotopic (exact) mass is 589 g/mol. The zero-order valence-corrected chi connectivity index (χ0v) is 22.2. The smallest absolute Gasteiger partial charge is 0.315 e. The van der Waals surface area contributed by atoms with Gasteiger partial charge in [0.25, 0.3) is 21.6 Å². The van der Waals surface area contributed by atoms with Crippen LogP contribution >= 0.6 is 11.8 Å². The SMILES string of the molecule is O=C(NS(=O)(=O)c1ccc(NCC(F)(F)Sc2ccccc2)c([N+](=O)[O-])c1)C1(F)C=CC(c2ccccc2)=CC1. The van der Waals surface area contributed by atoms with Crippen molar-refractivity contribution in [3.05, 3.63) is 113 Å². The lowest BCUT2D eigenvalue weighted by Crippen LogP contribution is -2.45. The molecule has 0 radical (unpaired) electrons. The van der Waals surface area contributed by atoms with Crippen molar-refractivity contribution in [1.29, 1.82) is 0 Å². The molecule has 0 saturated heterocycles. The number of thioether (sulfide) groups is 1. The average Bonchev–Trinajstić information content (AvgIpc) is 2.93. The molecule has 208 valence electrons. The van der Waals surface area contributed by atoms with E-state index in [-0.39, 0.29) is 22.3 Å². The number of amides is 1. The van der Waals surface area contributed by atoms with Gasteiger partial charge in [0, 0.05) is 17.4 Å². The van der Waals surface area contributed by atoms with E-state index in [1.807, 2.05) is 6.07 Å². The number of anilines is 1. The molecule has 1 aliphatic carbocycles. The topological polar surface area (TPSA) is 118 Å². The Kier molecular flexibility index (Phi) is 8.35. The number of halogens is 3. The quantitative estimate of drug-likeness (QED) is 0.171. The minimum Gasteiger partial charge on any atom is -0.373 e. The van der Waals surface area contributed by atoms with E-state index in [9.17, 15) is 32.1 Å². The standard InChI is InChI=1S/C27H22F3N3O5S2/c28-26(15-13-20(14-16-26)19-7-3-1-4-8-19)25(34)32-40(37,38)22-11-12-23(24(17-22)33(35)36)31-18-27(29,30)39-21-9-5-2-6-10-21/h1-15,17,31H,16,18H2,(H,32,34). The number of nitrogens with one attached hydrogen (secondary N) is 2. The zero-order chi connectivity index (χ0) is 29.0. The third kappa shape index (κ3) is 6.90. The van der Waals surface area contributed by atoms with E-state index in [1.54, 1.807) is 47.2 Å². The molecule has 0 spiro atoms. The van der Waals surface area contributed by atoms with Crippen LogP contribution in [-0.2, 0) is 14.8 Å². The second-order valence-corrected chi connectivity index (χ2v) is 11.7. The molecule has 0 heterocycles. The Labute approximate surface area is 232 Å². The van der Waals surface area contributed by atoms with Gasteiger partial charge < -0.3 is 5.32 Å². The van der Waals surface area contributed by atoms with Crippen molar-refractivity contribution in [1.82, 2.24) is 4.72 Å². The first-order valence-electron chi connectivity index (χ1n) is 11.7. The molecule has 3 aromatic rings. The van der Waals surface area contributed by atoms with E-state index in [1.165, 1.54) is 24.3 Å². The Hall–Kier alpha value is -4.10. The molecule has 0 aromatic heterocycles. The van der Waals surface area contributed by atoms with Crippen LogP contribution in [0.2, 0.25) is 0 Å². The van der Waals surface area contributed by atoms with Gasteiger partial charge in [-0.1, -0.05) is 72.4 Å². The number of carbonyl (C=O) groups excluding carboxylic acids is 1. The van der Waals surface area contributed by atoms with Crippen LogP contribution in [0.25, 0.3) is 5.57 Å². The summed E-state index contributed by atoms with van der Waals surface area (Å²) in [6, 6.07) is 19.2. The highest BCUT2D eigenvalue weighted by Crippen LogP contribution is 2.37. The lowest BCUT2D eigenvalue weighted by Gasteiger charge is -2.23. The van der Waals surface area contributed by atoms with Crippen molar-refractivity contribution in [3.8, 4) is 0 Å². The van der Waals surface area contributed by atoms with Crippen molar-refractivity contribution in [2.45, 2.75) is 27.1 Å². The number of nitro benzene ring substituents is 1. The largest absolute Gasteiger partial charge is 0.373 e. The first-order valence-corrected chi connectivity index (χ1v) is 14.0. The Balaban J connectivity index is 1.46. The predicted octanol–water partition coefficient (Wildman–Crippen LogP) is 5.95. The molecule has 0 saturated carbocycles. The number of benzene rings is 3. The highest BCUT2D eigenvalue weighted by molar-refractivity contribution is 8.00. The van der Waals surface area contributed by atoms with Crippen molar-refractivity contribution >= 4 is 44.6 Å². The average molecular weight is 590 g/mol. The zero-order valence-electron chi connectivity index (χ0n) is 20.6. The molecule has 3 aromatic carbocycles. The van der Waals surface area contributed by atoms with Gasteiger partial charge >= 0.3 is 5.25 Å². The molecule has 0 fully saturated rings. The summed E-state index contributed by atoms with van der Waals surface area (Å²) in [7, 11) is -4.75. The van der Waals surface area contributed by atoms with Crippen molar-refractivity contribution in [2.75, 3.05) is 11.9 Å². The number of sulfonamides is 1. The van der Waals surface area contributed by atoms with Crippen molar-refractivity contribution in [3.63, 3.8) is 0 Å². The van der Waals surface area contributed by atoms with Crippen LogP contribution in [0, 0.1) is 10.1 Å². The van der Waals surface area contributed by atoms with E-state index in [4.69, 9.17) is 0 Å². The molecule has 1 atom stereocenters. The molecule has 0 bridgehead atoms. The minimum absolute atomic E-state index is 0.251. The summed E-state index contributed by atoms with van der Waals surface area (Å²) in [5.41, 5.74) is -2.43. The summed E-state index contributed by atoms with van der Waals surface area (Å²) >= 11 is 0.251. The van der Waals surface area contributed by atoms with Crippen LogP contribution in [-0.4, -0.2) is 36.7 Å². The van der Waals surface area contributed by atoms with Gasteiger partial charge in [-0.3, -0.25) is 14.9 Å². The highest BCUT2D eigenvalue weighted by Gasteiger charge is 2.39. The summed E-state index contributed by atoms with van der Waals surface area (Å²) < 4.78 is 71.4. The first kappa shape index (κ1) is 28.9. The normalized spacial score (nSPS) is 17.1. The summed E-state index contributed by atoms with van der Waals surface area (Å²) in [4.78, 5) is 22.8. The van der Waals surface area contributed by atoms with E-state index in [0.29, 0.717) is 11.6 Å². The lowest BCUT2D eigenvalue weighted by molar-refractivity contribution is -0.384. The third-order valence-electron chi connectivity index (χ3n) is 5.83. The van der Waals surface area contributed by atoms with Crippen molar-refractivity contribution < 1.29 is 31.3 Å². The number of alkyl halides is 3. The molecule has 1 aliphatic rings. The number of carbonyl (C=O) groups is 1. The second-order valence-electron chi connectivity index (χ2n) is 8.70. The fraction of sp³-hybridized carbons (Fsp3) is 0.148. The summed E-state index contributed by atoms with van der Waals surface area (Å²) in [5.74, 6) is -1.48. The van der Waals surface area contributed by atoms with Gasteiger partial charge in [0.2, 0.25) is 5.67 Å². The maximum absolute atomic E-state index is 15.3. The molecule has 4 rings (SSSR count). The molecule has 0 aliphatic heterocycles. The summed E-state index contributed by atoms with van der Waals surface area (Å²) in [6.07, 6.45) is 3.33. The van der Waals surface area contributed by atoms with Crippen LogP contribution in [0.4, 0.5) is 24.5 Å². The Morgan fingerprint density at radius 2 is 1.70 bits per heavy atom. The number of nitrogens with zero attached hydrogens (tertiary/aromatic N) is 1. The first-order chi connectivity index (χ1) is 18.9. The number of hydrogen-bond donors (Lipinski definition) is 2. The molecular formula is C27H22F3N3O5S2. The lowest BCUT2D eigenvalue weighted by atomic mass is 9.90. The number of rotatable bonds is 10. The third-order valence-corrected chi connectivity index (χ3v) is 8.11. The Bertz CT molecular complexity index is 1580. The van der Waals surface area contributed by atoms with Gasteiger partial charge in [0.05, 0.1) is 16.4 Å². The van der Waals surface area contributed by atoms with E-state index in [0.717, 1.165) is 23.8 Å². The predicted molar refractivity (Wildman–Crippen MR) is 146 cm³/mol. The number of hydrogen-bond acceptors (Lipinski definition) is 7. The molecule has 8 nitrogen and oxygen atoms in total. The van der Waals surface area contributed by atoms with Gasteiger partial charge in [0.1, 0.15) is 5.69 Å². The van der Waals surface area contributed by atoms with Gasteiger partial charge in [-0.25, -0.2) is 17.5 Å².